The smallest absolute Gasteiger partial charge is 0.173 e. The fourth-order valence-electron chi connectivity index (χ4n) is 1.57. The van der Waals surface area contributed by atoms with Crippen LogP contribution in [0.15, 0.2) is 15.0 Å². The van der Waals surface area contributed by atoms with E-state index in [1.165, 1.54) is 0 Å². The SMILES string of the molecule is COc1cc(CCCN(C)C)c(Br)c(Br)c1O. The summed E-state index contributed by atoms with van der Waals surface area (Å²) in [7, 11) is 5.67. The molecule has 0 saturated heterocycles. The third-order valence-electron chi connectivity index (χ3n) is 2.49. The summed E-state index contributed by atoms with van der Waals surface area (Å²) in [6.07, 6.45) is 2.00. The van der Waals surface area contributed by atoms with E-state index in [9.17, 15) is 5.11 Å². The van der Waals surface area contributed by atoms with Gasteiger partial charge < -0.3 is 14.7 Å². The molecule has 0 heterocycles. The Bertz CT molecular complexity index is 395. The number of benzene rings is 1. The largest absolute Gasteiger partial charge is 0.503 e. The van der Waals surface area contributed by atoms with Crippen LogP contribution in [0, 0.1) is 0 Å². The average molecular weight is 367 g/mol. The highest BCUT2D eigenvalue weighted by Gasteiger charge is 2.14. The number of halogens is 2. The molecule has 0 aliphatic rings. The maximum atomic E-state index is 9.81. The van der Waals surface area contributed by atoms with Gasteiger partial charge in [0.1, 0.15) is 0 Å². The van der Waals surface area contributed by atoms with Gasteiger partial charge in [0.2, 0.25) is 0 Å². The summed E-state index contributed by atoms with van der Waals surface area (Å²) in [6.45, 7) is 1.03. The first-order chi connectivity index (χ1) is 7.97. The lowest BCUT2D eigenvalue weighted by Gasteiger charge is -2.13. The van der Waals surface area contributed by atoms with E-state index in [0.717, 1.165) is 29.4 Å². The van der Waals surface area contributed by atoms with E-state index >= 15 is 0 Å². The van der Waals surface area contributed by atoms with Crippen molar-refractivity contribution in [2.45, 2.75) is 12.8 Å². The molecule has 0 fully saturated rings. The van der Waals surface area contributed by atoms with Crippen molar-refractivity contribution >= 4 is 31.9 Å². The summed E-state index contributed by atoms with van der Waals surface area (Å²) in [5.41, 5.74) is 1.13. The predicted octanol–water partition coefficient (Wildman–Crippen LogP) is 3.42. The van der Waals surface area contributed by atoms with Gasteiger partial charge in [0.05, 0.1) is 11.6 Å². The number of phenolic OH excluding ortho intramolecular Hbond substituents is 1. The van der Waals surface area contributed by atoms with E-state index in [1.807, 2.05) is 6.07 Å². The van der Waals surface area contributed by atoms with Crippen molar-refractivity contribution in [3.05, 3.63) is 20.6 Å². The summed E-state index contributed by atoms with van der Waals surface area (Å²) >= 11 is 6.84. The topological polar surface area (TPSA) is 32.7 Å². The van der Waals surface area contributed by atoms with Crippen LogP contribution < -0.4 is 4.74 Å². The average Bonchev–Trinajstić information content (AvgIpc) is 2.29. The van der Waals surface area contributed by atoms with Crippen LogP contribution in [0.4, 0.5) is 0 Å². The molecular formula is C12H17Br2NO2. The minimum Gasteiger partial charge on any atom is -0.503 e. The second-order valence-corrected chi connectivity index (χ2v) is 5.71. The van der Waals surface area contributed by atoms with Crippen LogP contribution in [0.5, 0.6) is 11.5 Å². The highest BCUT2D eigenvalue weighted by molar-refractivity contribution is 9.13. The van der Waals surface area contributed by atoms with Crippen LogP contribution in [0.3, 0.4) is 0 Å². The maximum absolute atomic E-state index is 9.81. The minimum atomic E-state index is 0.135. The monoisotopic (exact) mass is 365 g/mol. The molecule has 0 atom stereocenters. The highest BCUT2D eigenvalue weighted by atomic mass is 79.9. The molecular weight excluding hydrogens is 350 g/mol. The quantitative estimate of drug-likeness (QED) is 0.866. The summed E-state index contributed by atoms with van der Waals surface area (Å²) < 4.78 is 6.69. The Morgan fingerprint density at radius 3 is 2.47 bits per heavy atom. The van der Waals surface area contributed by atoms with E-state index in [1.54, 1.807) is 7.11 Å². The first-order valence-electron chi connectivity index (χ1n) is 5.36. The molecule has 0 bridgehead atoms. The molecule has 17 heavy (non-hydrogen) atoms. The maximum Gasteiger partial charge on any atom is 0.173 e. The fourth-order valence-corrected chi connectivity index (χ4v) is 2.52. The van der Waals surface area contributed by atoms with E-state index in [0.29, 0.717) is 10.2 Å². The molecule has 5 heteroatoms. The van der Waals surface area contributed by atoms with Gasteiger partial charge >= 0.3 is 0 Å². The van der Waals surface area contributed by atoms with Crippen molar-refractivity contribution in [2.75, 3.05) is 27.7 Å². The molecule has 1 aromatic carbocycles. The fraction of sp³-hybridized carbons (Fsp3) is 0.500. The number of nitrogens with zero attached hydrogens (tertiary/aromatic N) is 1. The van der Waals surface area contributed by atoms with E-state index in [4.69, 9.17) is 4.74 Å². The predicted molar refractivity (Wildman–Crippen MR) is 76.9 cm³/mol. The number of rotatable bonds is 5. The molecule has 1 rings (SSSR count). The van der Waals surface area contributed by atoms with Crippen molar-refractivity contribution in [1.82, 2.24) is 4.90 Å². The van der Waals surface area contributed by atoms with E-state index in [-0.39, 0.29) is 5.75 Å². The van der Waals surface area contributed by atoms with Crippen molar-refractivity contribution < 1.29 is 9.84 Å². The first kappa shape index (κ1) is 14.8. The molecule has 96 valence electrons. The van der Waals surface area contributed by atoms with Crippen LogP contribution in [-0.2, 0) is 6.42 Å². The molecule has 0 spiro atoms. The number of aromatic hydroxyl groups is 1. The van der Waals surface area contributed by atoms with E-state index in [2.05, 4.69) is 50.9 Å². The Morgan fingerprint density at radius 2 is 1.94 bits per heavy atom. The van der Waals surface area contributed by atoms with Gasteiger partial charge in [-0.25, -0.2) is 0 Å². The minimum absolute atomic E-state index is 0.135. The number of ether oxygens (including phenoxy) is 1. The number of hydrogen-bond acceptors (Lipinski definition) is 3. The standard InChI is InChI=1S/C12H17Br2NO2/c1-15(2)6-4-5-8-7-9(17-3)12(16)11(14)10(8)13/h7,16H,4-6H2,1-3H3. The van der Waals surface area contributed by atoms with Gasteiger partial charge in [0, 0.05) is 4.47 Å². The van der Waals surface area contributed by atoms with Crippen LogP contribution in [0.25, 0.3) is 0 Å². The van der Waals surface area contributed by atoms with Crippen LogP contribution in [0.1, 0.15) is 12.0 Å². The third-order valence-corrected chi connectivity index (χ3v) is 4.70. The molecule has 0 aliphatic heterocycles. The number of aryl methyl sites for hydroxylation is 1. The molecule has 1 N–H and O–H groups in total. The molecule has 0 unspecified atom stereocenters. The van der Waals surface area contributed by atoms with Crippen LogP contribution >= 0.6 is 31.9 Å². The Kier molecular flexibility index (Phi) is 5.76. The van der Waals surface area contributed by atoms with Crippen molar-refractivity contribution in [3.63, 3.8) is 0 Å². The zero-order valence-corrected chi connectivity index (χ0v) is 13.4. The van der Waals surface area contributed by atoms with Gasteiger partial charge in [-0.2, -0.15) is 0 Å². The molecule has 0 radical (unpaired) electrons. The Balaban J connectivity index is 2.88. The molecule has 1 aromatic rings. The molecule has 0 amide bonds. The zero-order valence-electron chi connectivity index (χ0n) is 10.3. The first-order valence-corrected chi connectivity index (χ1v) is 6.94. The highest BCUT2D eigenvalue weighted by Crippen LogP contribution is 2.41. The lowest BCUT2D eigenvalue weighted by Crippen LogP contribution is -2.13. The number of hydrogen-bond donors (Lipinski definition) is 1. The molecule has 0 saturated carbocycles. The van der Waals surface area contributed by atoms with Crippen molar-refractivity contribution in [2.24, 2.45) is 0 Å². The summed E-state index contributed by atoms with van der Waals surface area (Å²) in [5.74, 6) is 0.635. The van der Waals surface area contributed by atoms with Gasteiger partial charge in [-0.05, 0) is 77.0 Å². The van der Waals surface area contributed by atoms with Crippen molar-refractivity contribution in [3.8, 4) is 11.5 Å². The van der Waals surface area contributed by atoms with Gasteiger partial charge in [0.15, 0.2) is 11.5 Å². The Labute approximate surface area is 119 Å². The lowest BCUT2D eigenvalue weighted by molar-refractivity contribution is 0.370. The zero-order chi connectivity index (χ0) is 13.0. The van der Waals surface area contributed by atoms with Gasteiger partial charge in [0.25, 0.3) is 0 Å². The summed E-state index contributed by atoms with van der Waals surface area (Å²) in [4.78, 5) is 2.15. The second kappa shape index (κ2) is 6.61. The third kappa shape index (κ3) is 3.86. The van der Waals surface area contributed by atoms with Crippen LogP contribution in [-0.4, -0.2) is 37.8 Å². The Morgan fingerprint density at radius 1 is 1.29 bits per heavy atom. The van der Waals surface area contributed by atoms with Gasteiger partial charge in [-0.1, -0.05) is 0 Å². The van der Waals surface area contributed by atoms with Crippen molar-refractivity contribution in [1.29, 1.82) is 0 Å². The number of methoxy groups -OCH3 is 1. The summed E-state index contributed by atoms with van der Waals surface area (Å²) in [6, 6.07) is 1.87. The number of phenols is 1. The van der Waals surface area contributed by atoms with E-state index < -0.39 is 0 Å². The van der Waals surface area contributed by atoms with Gasteiger partial charge in [-0.3, -0.25) is 0 Å². The lowest BCUT2D eigenvalue weighted by atomic mass is 10.1. The second-order valence-electron chi connectivity index (χ2n) is 4.12. The normalized spacial score (nSPS) is 10.9. The van der Waals surface area contributed by atoms with Crippen LogP contribution in [0.2, 0.25) is 0 Å². The van der Waals surface area contributed by atoms with Gasteiger partial charge in [-0.15, -0.1) is 0 Å². The summed E-state index contributed by atoms with van der Waals surface area (Å²) in [5, 5.41) is 9.81. The molecule has 0 aromatic heterocycles. The molecule has 3 nitrogen and oxygen atoms in total. The molecule has 0 aliphatic carbocycles. The Hall–Kier alpha value is -0.260.